The summed E-state index contributed by atoms with van der Waals surface area (Å²) in [5, 5.41) is 2.81. The number of ether oxygens (including phenoxy) is 2. The van der Waals surface area contributed by atoms with Gasteiger partial charge in [0.15, 0.2) is 11.5 Å². The Bertz CT molecular complexity index is 870. The van der Waals surface area contributed by atoms with E-state index in [2.05, 4.69) is 5.32 Å². The average Bonchev–Trinajstić information content (AvgIpc) is 2.70. The van der Waals surface area contributed by atoms with E-state index in [9.17, 15) is 9.59 Å². The molecular formula is C22H28N2O4S. The number of likely N-dealkylation sites (N-methyl/N-ethyl adjacent to an activating group) is 1. The van der Waals surface area contributed by atoms with Gasteiger partial charge in [-0.2, -0.15) is 0 Å². The molecule has 6 nitrogen and oxygen atoms in total. The molecule has 156 valence electrons. The zero-order chi connectivity index (χ0) is 21.4. The van der Waals surface area contributed by atoms with Crippen molar-refractivity contribution in [2.75, 3.05) is 38.4 Å². The molecule has 0 fully saturated rings. The standard InChI is InChI=1S/C22H28N2O4S/c1-6-27-19-11-9-16(12-20(19)28-7-2)23-21(25)14-24(4)22(26)18-13-17(29-5)10-8-15(18)3/h8-13H,6-7,14H2,1-5H3,(H,23,25). The van der Waals surface area contributed by atoms with Gasteiger partial charge < -0.3 is 19.7 Å². The number of hydrogen-bond donors (Lipinski definition) is 1. The highest BCUT2D eigenvalue weighted by Gasteiger charge is 2.18. The molecule has 0 unspecified atom stereocenters. The first-order valence-electron chi connectivity index (χ1n) is 9.49. The van der Waals surface area contributed by atoms with Gasteiger partial charge in [-0.3, -0.25) is 9.59 Å². The molecule has 2 aromatic rings. The number of anilines is 1. The number of rotatable bonds is 9. The first-order chi connectivity index (χ1) is 13.9. The molecule has 0 saturated carbocycles. The Morgan fingerprint density at radius 1 is 1.03 bits per heavy atom. The molecule has 0 aliphatic heterocycles. The third kappa shape index (κ3) is 6.15. The molecule has 29 heavy (non-hydrogen) atoms. The van der Waals surface area contributed by atoms with Gasteiger partial charge in [0.2, 0.25) is 5.91 Å². The minimum atomic E-state index is -0.286. The van der Waals surface area contributed by atoms with E-state index in [1.165, 1.54) is 4.90 Å². The molecule has 0 atom stereocenters. The van der Waals surface area contributed by atoms with Gasteiger partial charge in [0.1, 0.15) is 0 Å². The fourth-order valence-electron chi connectivity index (χ4n) is 2.78. The predicted octanol–water partition coefficient (Wildman–Crippen LogP) is 4.23. The van der Waals surface area contributed by atoms with Crippen LogP contribution >= 0.6 is 11.8 Å². The molecule has 2 aromatic carbocycles. The van der Waals surface area contributed by atoms with E-state index >= 15 is 0 Å². The molecule has 2 amide bonds. The van der Waals surface area contributed by atoms with E-state index in [0.29, 0.717) is 36.0 Å². The highest BCUT2D eigenvalue weighted by Crippen LogP contribution is 2.30. The van der Waals surface area contributed by atoms with Crippen LogP contribution in [0.3, 0.4) is 0 Å². The molecule has 0 spiro atoms. The maximum atomic E-state index is 12.8. The van der Waals surface area contributed by atoms with Crippen molar-refractivity contribution >= 4 is 29.3 Å². The van der Waals surface area contributed by atoms with Gasteiger partial charge in [0.05, 0.1) is 19.8 Å². The van der Waals surface area contributed by atoms with Gasteiger partial charge in [0.25, 0.3) is 5.91 Å². The lowest BCUT2D eigenvalue weighted by Gasteiger charge is -2.19. The monoisotopic (exact) mass is 416 g/mol. The summed E-state index contributed by atoms with van der Waals surface area (Å²) in [7, 11) is 1.62. The first-order valence-corrected chi connectivity index (χ1v) is 10.7. The van der Waals surface area contributed by atoms with Crippen molar-refractivity contribution < 1.29 is 19.1 Å². The number of hydrogen-bond acceptors (Lipinski definition) is 5. The van der Waals surface area contributed by atoms with Crippen LogP contribution in [0.4, 0.5) is 5.69 Å². The average molecular weight is 417 g/mol. The minimum Gasteiger partial charge on any atom is -0.490 e. The number of nitrogens with one attached hydrogen (secondary N) is 1. The predicted molar refractivity (Wildman–Crippen MR) is 117 cm³/mol. The second kappa shape index (κ2) is 10.8. The SMILES string of the molecule is CCOc1ccc(NC(=O)CN(C)C(=O)c2cc(SC)ccc2C)cc1OCC. The van der Waals surface area contributed by atoms with Crippen LogP contribution < -0.4 is 14.8 Å². The van der Waals surface area contributed by atoms with Crippen LogP contribution in [-0.4, -0.2) is 49.8 Å². The normalized spacial score (nSPS) is 10.4. The quantitative estimate of drug-likeness (QED) is 0.620. The summed E-state index contributed by atoms with van der Waals surface area (Å²) in [6.07, 6.45) is 1.96. The fraction of sp³-hybridized carbons (Fsp3) is 0.364. The molecule has 7 heteroatoms. The van der Waals surface area contributed by atoms with Gasteiger partial charge >= 0.3 is 0 Å². The van der Waals surface area contributed by atoms with E-state index in [4.69, 9.17) is 9.47 Å². The summed E-state index contributed by atoms with van der Waals surface area (Å²) in [6, 6.07) is 11.0. The summed E-state index contributed by atoms with van der Waals surface area (Å²) in [4.78, 5) is 27.7. The van der Waals surface area contributed by atoms with Crippen LogP contribution in [0.5, 0.6) is 11.5 Å². The van der Waals surface area contributed by atoms with Crippen LogP contribution in [0, 0.1) is 6.92 Å². The Labute approximate surface area is 176 Å². The van der Waals surface area contributed by atoms with Crippen molar-refractivity contribution in [1.82, 2.24) is 4.90 Å². The van der Waals surface area contributed by atoms with Crippen LogP contribution in [-0.2, 0) is 4.79 Å². The summed E-state index contributed by atoms with van der Waals surface area (Å²) in [6.45, 7) is 6.63. The fourth-order valence-corrected chi connectivity index (χ4v) is 3.22. The second-order valence-corrected chi connectivity index (χ2v) is 7.30. The summed E-state index contributed by atoms with van der Waals surface area (Å²) in [5.74, 6) is 0.728. The molecule has 0 aromatic heterocycles. The van der Waals surface area contributed by atoms with Gasteiger partial charge in [-0.1, -0.05) is 6.07 Å². The Morgan fingerprint density at radius 2 is 1.72 bits per heavy atom. The number of amides is 2. The number of benzene rings is 2. The number of carbonyl (C=O) groups is 2. The van der Waals surface area contributed by atoms with Crippen molar-refractivity contribution in [2.45, 2.75) is 25.7 Å². The Morgan fingerprint density at radius 3 is 2.38 bits per heavy atom. The van der Waals surface area contributed by atoms with Crippen LogP contribution in [0.1, 0.15) is 29.8 Å². The van der Waals surface area contributed by atoms with E-state index in [1.807, 2.05) is 45.2 Å². The zero-order valence-electron chi connectivity index (χ0n) is 17.6. The van der Waals surface area contributed by atoms with Crippen molar-refractivity contribution in [3.05, 3.63) is 47.5 Å². The number of carbonyl (C=O) groups excluding carboxylic acids is 2. The molecule has 0 aliphatic rings. The summed E-state index contributed by atoms with van der Waals surface area (Å²) >= 11 is 1.57. The largest absolute Gasteiger partial charge is 0.490 e. The van der Waals surface area contributed by atoms with Gasteiger partial charge in [-0.15, -0.1) is 11.8 Å². The third-order valence-corrected chi connectivity index (χ3v) is 4.96. The van der Waals surface area contributed by atoms with Crippen molar-refractivity contribution in [3.63, 3.8) is 0 Å². The topological polar surface area (TPSA) is 67.9 Å². The summed E-state index contributed by atoms with van der Waals surface area (Å²) < 4.78 is 11.1. The molecule has 0 aliphatic carbocycles. The van der Waals surface area contributed by atoms with Crippen molar-refractivity contribution in [1.29, 1.82) is 0 Å². The lowest BCUT2D eigenvalue weighted by Crippen LogP contribution is -2.35. The maximum Gasteiger partial charge on any atom is 0.254 e. The molecule has 0 heterocycles. The smallest absolute Gasteiger partial charge is 0.254 e. The molecule has 2 rings (SSSR count). The lowest BCUT2D eigenvalue weighted by molar-refractivity contribution is -0.116. The van der Waals surface area contributed by atoms with Gasteiger partial charge in [-0.25, -0.2) is 0 Å². The number of nitrogens with zero attached hydrogens (tertiary/aromatic N) is 1. The maximum absolute atomic E-state index is 12.8. The molecule has 0 radical (unpaired) electrons. The van der Waals surface area contributed by atoms with Crippen LogP contribution in [0.25, 0.3) is 0 Å². The number of aryl methyl sites for hydroxylation is 1. The van der Waals surface area contributed by atoms with E-state index < -0.39 is 0 Å². The van der Waals surface area contributed by atoms with Crippen molar-refractivity contribution in [3.8, 4) is 11.5 Å². The van der Waals surface area contributed by atoms with E-state index in [-0.39, 0.29) is 18.4 Å². The molecule has 1 N–H and O–H groups in total. The number of thioether (sulfide) groups is 1. The Kier molecular flexibility index (Phi) is 8.39. The van der Waals surface area contributed by atoms with Crippen LogP contribution in [0.15, 0.2) is 41.3 Å². The molecular weight excluding hydrogens is 388 g/mol. The lowest BCUT2D eigenvalue weighted by atomic mass is 10.1. The first kappa shape index (κ1) is 22.6. The Balaban J connectivity index is 2.06. The summed E-state index contributed by atoms with van der Waals surface area (Å²) in [5.41, 5.74) is 2.07. The second-order valence-electron chi connectivity index (χ2n) is 6.42. The highest BCUT2D eigenvalue weighted by molar-refractivity contribution is 7.98. The van der Waals surface area contributed by atoms with E-state index in [1.54, 1.807) is 37.0 Å². The van der Waals surface area contributed by atoms with Crippen LogP contribution in [0.2, 0.25) is 0 Å². The highest BCUT2D eigenvalue weighted by atomic mass is 32.2. The third-order valence-electron chi connectivity index (χ3n) is 4.23. The van der Waals surface area contributed by atoms with Gasteiger partial charge in [-0.05, 0) is 56.9 Å². The van der Waals surface area contributed by atoms with E-state index in [0.717, 1.165) is 10.5 Å². The molecule has 0 bridgehead atoms. The molecule has 0 saturated heterocycles. The zero-order valence-corrected chi connectivity index (χ0v) is 18.4. The van der Waals surface area contributed by atoms with Gasteiger partial charge in [0, 0.05) is 29.3 Å². The Hall–Kier alpha value is -2.67. The van der Waals surface area contributed by atoms with Crippen molar-refractivity contribution in [2.24, 2.45) is 0 Å². The minimum absolute atomic E-state index is 0.0566.